The fourth-order valence-corrected chi connectivity index (χ4v) is 3.83. The van der Waals surface area contributed by atoms with E-state index in [-0.39, 0.29) is 12.3 Å². The Bertz CT molecular complexity index is 1370. The van der Waals surface area contributed by atoms with E-state index in [0.717, 1.165) is 16.5 Å². The van der Waals surface area contributed by atoms with Gasteiger partial charge in [-0.05, 0) is 49.7 Å². The van der Waals surface area contributed by atoms with Gasteiger partial charge in [0.05, 0.1) is 7.05 Å². The van der Waals surface area contributed by atoms with E-state index in [1.807, 2.05) is 48.1 Å². The number of nitrogens with one attached hydrogen (secondary N) is 2. The van der Waals surface area contributed by atoms with Crippen molar-refractivity contribution in [3.05, 3.63) is 60.3 Å². The van der Waals surface area contributed by atoms with Gasteiger partial charge in [0.15, 0.2) is 0 Å². The zero-order chi connectivity index (χ0) is 25.2. The maximum atomic E-state index is 13.4. The van der Waals surface area contributed by atoms with Crippen molar-refractivity contribution >= 4 is 28.6 Å². The monoisotopic (exact) mass is 475 g/mol. The lowest BCUT2D eigenvalue weighted by Crippen LogP contribution is -2.47. The third kappa shape index (κ3) is 5.84. The van der Waals surface area contributed by atoms with E-state index >= 15 is 0 Å². The Balaban J connectivity index is 1.59. The lowest BCUT2D eigenvalue weighted by Gasteiger charge is -2.23. The quantitative estimate of drug-likeness (QED) is 0.441. The second-order valence-corrected chi connectivity index (χ2v) is 9.36. The number of amides is 2. The van der Waals surface area contributed by atoms with E-state index in [2.05, 4.69) is 26.0 Å². The molecule has 0 bridgehead atoms. The molecule has 0 aliphatic rings. The van der Waals surface area contributed by atoms with Crippen LogP contribution >= 0.6 is 0 Å². The highest BCUT2D eigenvalue weighted by Crippen LogP contribution is 2.23. The minimum atomic E-state index is -0.867. The molecule has 2 aromatic carbocycles. The summed E-state index contributed by atoms with van der Waals surface area (Å²) in [7, 11) is 3.64. The van der Waals surface area contributed by atoms with Crippen molar-refractivity contribution in [2.24, 2.45) is 14.1 Å². The van der Waals surface area contributed by atoms with Gasteiger partial charge in [-0.25, -0.2) is 4.79 Å². The molecule has 2 heterocycles. The van der Waals surface area contributed by atoms with Crippen LogP contribution in [-0.2, 0) is 30.0 Å². The summed E-state index contributed by atoms with van der Waals surface area (Å²) in [5, 5.41) is 18.7. The van der Waals surface area contributed by atoms with E-state index in [0.29, 0.717) is 17.1 Å². The van der Waals surface area contributed by atoms with Crippen molar-refractivity contribution in [2.45, 2.75) is 38.8 Å². The maximum absolute atomic E-state index is 13.4. The third-order valence-electron chi connectivity index (χ3n) is 5.31. The molecule has 0 saturated heterocycles. The van der Waals surface area contributed by atoms with Crippen LogP contribution in [-0.4, -0.2) is 48.4 Å². The Kier molecular flexibility index (Phi) is 6.54. The molecule has 182 valence electrons. The molecular formula is C25H29N7O3. The number of hydrogen-bond acceptors (Lipinski definition) is 6. The van der Waals surface area contributed by atoms with Crippen molar-refractivity contribution in [1.82, 2.24) is 30.1 Å². The molecule has 0 spiro atoms. The first kappa shape index (κ1) is 23.9. The number of rotatable bonds is 6. The highest BCUT2D eigenvalue weighted by Gasteiger charge is 2.26. The number of ether oxygens (including phenoxy) is 1. The van der Waals surface area contributed by atoms with E-state index in [9.17, 15) is 9.59 Å². The lowest BCUT2D eigenvalue weighted by molar-refractivity contribution is -0.118. The molecule has 0 fully saturated rings. The number of carbonyl (C=O) groups excluding carboxylic acids is 2. The van der Waals surface area contributed by atoms with Gasteiger partial charge in [-0.15, -0.1) is 10.2 Å². The molecule has 10 heteroatoms. The van der Waals surface area contributed by atoms with Crippen LogP contribution in [0.25, 0.3) is 22.3 Å². The Morgan fingerprint density at radius 2 is 1.86 bits per heavy atom. The van der Waals surface area contributed by atoms with E-state index in [1.54, 1.807) is 46.0 Å². The number of aromatic nitrogens is 5. The average molecular weight is 476 g/mol. The number of nitrogens with zero attached hydrogens (tertiary/aromatic N) is 5. The van der Waals surface area contributed by atoms with Crippen LogP contribution in [0.5, 0.6) is 0 Å². The Labute approximate surface area is 203 Å². The summed E-state index contributed by atoms with van der Waals surface area (Å²) in [4.78, 5) is 27.3. The van der Waals surface area contributed by atoms with Gasteiger partial charge in [-0.2, -0.15) is 4.80 Å². The SMILES string of the molecule is Cn1nnc(-c2cccc(NC(=O)C(Cc3cn(C)c4ccccc34)NC(=O)OC(C)(C)C)c2)n1. The predicted octanol–water partition coefficient (Wildman–Crippen LogP) is 3.44. The standard InChI is InChI=1S/C25H29N7O3/c1-25(2,3)35-24(34)27-20(14-17-15-31(4)21-12-7-6-11-19(17)21)23(33)26-18-10-8-9-16(13-18)22-28-30-32(5)29-22/h6-13,15,20H,14H2,1-5H3,(H,26,33)(H,27,34). The van der Waals surface area contributed by atoms with Crippen LogP contribution < -0.4 is 10.6 Å². The number of carbonyl (C=O) groups is 2. The Morgan fingerprint density at radius 3 is 2.57 bits per heavy atom. The zero-order valence-corrected chi connectivity index (χ0v) is 20.4. The summed E-state index contributed by atoms with van der Waals surface area (Å²) in [6.45, 7) is 5.33. The van der Waals surface area contributed by atoms with E-state index < -0.39 is 17.7 Å². The van der Waals surface area contributed by atoms with E-state index in [1.165, 1.54) is 4.80 Å². The molecule has 35 heavy (non-hydrogen) atoms. The van der Waals surface area contributed by atoms with Gasteiger partial charge in [-0.1, -0.05) is 30.3 Å². The van der Waals surface area contributed by atoms with Crippen LogP contribution in [0, 0.1) is 0 Å². The number of para-hydroxylation sites is 1. The summed E-state index contributed by atoms with van der Waals surface area (Å²) in [6, 6.07) is 14.2. The van der Waals surface area contributed by atoms with Crippen molar-refractivity contribution < 1.29 is 14.3 Å². The summed E-state index contributed by atoms with van der Waals surface area (Å²) in [5.41, 5.74) is 2.55. The number of fused-ring (bicyclic) bond motifs is 1. The fourth-order valence-electron chi connectivity index (χ4n) is 3.83. The second-order valence-electron chi connectivity index (χ2n) is 9.36. The molecular weight excluding hydrogens is 446 g/mol. The van der Waals surface area contributed by atoms with Gasteiger partial charge >= 0.3 is 6.09 Å². The highest BCUT2D eigenvalue weighted by molar-refractivity contribution is 5.97. The number of hydrogen-bond donors (Lipinski definition) is 2. The minimum absolute atomic E-state index is 0.290. The highest BCUT2D eigenvalue weighted by atomic mass is 16.6. The zero-order valence-electron chi connectivity index (χ0n) is 20.4. The molecule has 4 aromatic rings. The Morgan fingerprint density at radius 1 is 1.09 bits per heavy atom. The normalized spacial score (nSPS) is 12.4. The molecule has 10 nitrogen and oxygen atoms in total. The van der Waals surface area contributed by atoms with Crippen molar-refractivity contribution in [3.63, 3.8) is 0 Å². The number of alkyl carbamates (subject to hydrolysis) is 1. The summed E-state index contributed by atoms with van der Waals surface area (Å²) >= 11 is 0. The van der Waals surface area contributed by atoms with Crippen molar-refractivity contribution in [3.8, 4) is 11.4 Å². The molecule has 2 amide bonds. The molecule has 0 saturated carbocycles. The van der Waals surface area contributed by atoms with Gasteiger partial charge in [0.1, 0.15) is 11.6 Å². The average Bonchev–Trinajstić information content (AvgIpc) is 3.36. The van der Waals surface area contributed by atoms with Crippen LogP contribution in [0.2, 0.25) is 0 Å². The van der Waals surface area contributed by atoms with Gasteiger partial charge in [0.25, 0.3) is 0 Å². The lowest BCUT2D eigenvalue weighted by atomic mass is 10.0. The van der Waals surface area contributed by atoms with Crippen molar-refractivity contribution in [1.29, 1.82) is 0 Å². The van der Waals surface area contributed by atoms with Gasteiger partial charge in [-0.3, -0.25) is 4.79 Å². The fraction of sp³-hybridized carbons (Fsp3) is 0.320. The first-order valence-electron chi connectivity index (χ1n) is 11.3. The van der Waals surface area contributed by atoms with Gasteiger partial charge in [0, 0.05) is 41.8 Å². The molecule has 1 unspecified atom stereocenters. The third-order valence-corrected chi connectivity index (χ3v) is 5.31. The molecule has 2 aromatic heterocycles. The number of anilines is 1. The molecule has 0 radical (unpaired) electrons. The molecule has 0 aliphatic heterocycles. The first-order valence-corrected chi connectivity index (χ1v) is 11.3. The van der Waals surface area contributed by atoms with Crippen LogP contribution in [0.1, 0.15) is 26.3 Å². The molecule has 1 atom stereocenters. The first-order chi connectivity index (χ1) is 16.6. The summed E-state index contributed by atoms with van der Waals surface area (Å²) in [6.07, 6.45) is 1.61. The summed E-state index contributed by atoms with van der Waals surface area (Å²) in [5.74, 6) is 0.0795. The summed E-state index contributed by atoms with van der Waals surface area (Å²) < 4.78 is 7.42. The van der Waals surface area contributed by atoms with Crippen LogP contribution in [0.15, 0.2) is 54.7 Å². The number of aryl methyl sites for hydroxylation is 2. The van der Waals surface area contributed by atoms with Crippen molar-refractivity contribution in [2.75, 3.05) is 5.32 Å². The minimum Gasteiger partial charge on any atom is -0.444 e. The Hall–Kier alpha value is -4.21. The van der Waals surface area contributed by atoms with Crippen LogP contribution in [0.3, 0.4) is 0 Å². The second kappa shape index (κ2) is 9.57. The topological polar surface area (TPSA) is 116 Å². The number of tetrazole rings is 1. The van der Waals surface area contributed by atoms with E-state index in [4.69, 9.17) is 4.74 Å². The largest absolute Gasteiger partial charge is 0.444 e. The van der Waals surface area contributed by atoms with Gasteiger partial charge in [0.2, 0.25) is 11.7 Å². The molecule has 2 N–H and O–H groups in total. The maximum Gasteiger partial charge on any atom is 0.408 e. The molecule has 4 rings (SSSR count). The van der Waals surface area contributed by atoms with Crippen LogP contribution in [0.4, 0.5) is 10.5 Å². The molecule has 0 aliphatic carbocycles. The smallest absolute Gasteiger partial charge is 0.408 e. The number of benzene rings is 2. The predicted molar refractivity (Wildman–Crippen MR) is 133 cm³/mol. The van der Waals surface area contributed by atoms with Gasteiger partial charge < -0.3 is 19.9 Å².